The molecule has 1 fully saturated rings. The van der Waals surface area contributed by atoms with Crippen LogP contribution in [0.3, 0.4) is 0 Å². The fourth-order valence-electron chi connectivity index (χ4n) is 2.54. The van der Waals surface area contributed by atoms with E-state index in [0.29, 0.717) is 11.8 Å². The molecule has 102 valence electrons. The van der Waals surface area contributed by atoms with Crippen molar-refractivity contribution in [1.29, 1.82) is 0 Å². The number of hydrogen-bond acceptors (Lipinski definition) is 2. The Morgan fingerprint density at radius 1 is 1.41 bits per heavy atom. The summed E-state index contributed by atoms with van der Waals surface area (Å²) in [6.45, 7) is 8.04. The van der Waals surface area contributed by atoms with Gasteiger partial charge in [0.2, 0.25) is 5.91 Å². The average Bonchev–Trinajstić information content (AvgIpc) is 2.30. The van der Waals surface area contributed by atoms with Crippen molar-refractivity contribution >= 4 is 18.3 Å². The van der Waals surface area contributed by atoms with Crippen molar-refractivity contribution in [1.82, 2.24) is 4.90 Å². The monoisotopic (exact) mass is 262 g/mol. The third-order valence-corrected chi connectivity index (χ3v) is 3.85. The topological polar surface area (TPSA) is 46.3 Å². The number of piperidine rings is 1. The summed E-state index contributed by atoms with van der Waals surface area (Å²) in [6, 6.07) is 0.206. The normalized spacial score (nSPS) is 22.2. The van der Waals surface area contributed by atoms with Crippen LogP contribution < -0.4 is 5.73 Å². The van der Waals surface area contributed by atoms with E-state index in [1.54, 1.807) is 0 Å². The van der Waals surface area contributed by atoms with Crippen LogP contribution in [0.1, 0.15) is 46.5 Å². The number of nitrogens with zero attached hydrogens (tertiary/aromatic N) is 1. The molecule has 1 rings (SSSR count). The van der Waals surface area contributed by atoms with Gasteiger partial charge in [0.1, 0.15) is 0 Å². The molecule has 1 amide bonds. The van der Waals surface area contributed by atoms with Gasteiger partial charge in [0.25, 0.3) is 0 Å². The summed E-state index contributed by atoms with van der Waals surface area (Å²) in [5.74, 6) is 1.05. The average molecular weight is 263 g/mol. The zero-order valence-corrected chi connectivity index (χ0v) is 12.1. The zero-order chi connectivity index (χ0) is 12.1. The molecule has 1 heterocycles. The Bertz CT molecular complexity index is 229. The first kappa shape index (κ1) is 16.7. The first-order valence-electron chi connectivity index (χ1n) is 6.64. The van der Waals surface area contributed by atoms with E-state index >= 15 is 0 Å². The molecule has 1 saturated heterocycles. The second-order valence-electron chi connectivity index (χ2n) is 5.06. The van der Waals surface area contributed by atoms with Crippen LogP contribution in [-0.2, 0) is 4.79 Å². The van der Waals surface area contributed by atoms with Crippen molar-refractivity contribution in [3.63, 3.8) is 0 Å². The Morgan fingerprint density at radius 2 is 2.00 bits per heavy atom. The van der Waals surface area contributed by atoms with Crippen molar-refractivity contribution in [2.24, 2.45) is 17.6 Å². The molecule has 0 aromatic heterocycles. The highest BCUT2D eigenvalue weighted by molar-refractivity contribution is 5.85. The molecule has 2 unspecified atom stereocenters. The van der Waals surface area contributed by atoms with Gasteiger partial charge in [-0.25, -0.2) is 0 Å². The van der Waals surface area contributed by atoms with Crippen LogP contribution in [0.4, 0.5) is 0 Å². The van der Waals surface area contributed by atoms with Crippen LogP contribution in [0.25, 0.3) is 0 Å². The van der Waals surface area contributed by atoms with E-state index in [2.05, 4.69) is 20.8 Å². The number of carbonyl (C=O) groups is 1. The molecule has 1 aliphatic heterocycles. The van der Waals surface area contributed by atoms with E-state index in [1.165, 1.54) is 6.42 Å². The number of rotatable bonds is 4. The van der Waals surface area contributed by atoms with Gasteiger partial charge in [-0.3, -0.25) is 4.79 Å². The fourth-order valence-corrected chi connectivity index (χ4v) is 2.54. The first-order chi connectivity index (χ1) is 7.60. The van der Waals surface area contributed by atoms with Crippen LogP contribution in [0.2, 0.25) is 0 Å². The lowest BCUT2D eigenvalue weighted by Gasteiger charge is -2.36. The summed E-state index contributed by atoms with van der Waals surface area (Å²) in [5.41, 5.74) is 5.93. The second kappa shape index (κ2) is 7.93. The number of nitrogens with two attached hydrogens (primary N) is 1. The van der Waals surface area contributed by atoms with E-state index < -0.39 is 0 Å². The van der Waals surface area contributed by atoms with E-state index in [-0.39, 0.29) is 24.4 Å². The van der Waals surface area contributed by atoms with E-state index in [1.807, 2.05) is 4.90 Å². The molecule has 0 aliphatic carbocycles. The number of amides is 1. The maximum absolute atomic E-state index is 12.2. The maximum Gasteiger partial charge on any atom is 0.225 e. The van der Waals surface area contributed by atoms with Crippen molar-refractivity contribution in [2.45, 2.75) is 52.5 Å². The minimum Gasteiger partial charge on any atom is -0.342 e. The summed E-state index contributed by atoms with van der Waals surface area (Å²) < 4.78 is 0. The molecule has 3 nitrogen and oxygen atoms in total. The van der Waals surface area contributed by atoms with Gasteiger partial charge in [0.05, 0.1) is 0 Å². The lowest BCUT2D eigenvalue weighted by molar-refractivity contribution is -0.137. The molecule has 0 bridgehead atoms. The second-order valence-corrected chi connectivity index (χ2v) is 5.06. The van der Waals surface area contributed by atoms with Crippen LogP contribution in [0.15, 0.2) is 0 Å². The Hall–Kier alpha value is -0.280. The van der Waals surface area contributed by atoms with Gasteiger partial charge in [-0.05, 0) is 38.5 Å². The third-order valence-electron chi connectivity index (χ3n) is 3.85. The van der Waals surface area contributed by atoms with Crippen molar-refractivity contribution in [3.8, 4) is 0 Å². The standard InChI is InChI=1S/C13H26N2O.ClH/c1-4-11(5-2)13(16)15-8-6-7-12(9-15)10(3)14;/h10-12H,4-9,14H2,1-3H3;1H. The summed E-state index contributed by atoms with van der Waals surface area (Å²) in [6.07, 6.45) is 4.19. The van der Waals surface area contributed by atoms with Gasteiger partial charge < -0.3 is 10.6 Å². The lowest BCUT2D eigenvalue weighted by Crippen LogP contribution is -2.46. The zero-order valence-electron chi connectivity index (χ0n) is 11.3. The Morgan fingerprint density at radius 3 is 2.47 bits per heavy atom. The van der Waals surface area contributed by atoms with Gasteiger partial charge in [0.15, 0.2) is 0 Å². The predicted molar refractivity (Wildman–Crippen MR) is 74.3 cm³/mol. The molecule has 2 atom stereocenters. The highest BCUT2D eigenvalue weighted by Crippen LogP contribution is 2.22. The molecule has 4 heteroatoms. The summed E-state index contributed by atoms with van der Waals surface area (Å²) >= 11 is 0. The predicted octanol–water partition coefficient (Wildman–Crippen LogP) is 2.43. The van der Waals surface area contributed by atoms with E-state index in [9.17, 15) is 4.79 Å². The molecular formula is C13H27ClN2O. The summed E-state index contributed by atoms with van der Waals surface area (Å²) in [7, 11) is 0. The van der Waals surface area contributed by atoms with Crippen LogP contribution in [0.5, 0.6) is 0 Å². The number of carbonyl (C=O) groups excluding carboxylic acids is 1. The van der Waals surface area contributed by atoms with Crippen LogP contribution in [-0.4, -0.2) is 29.9 Å². The lowest BCUT2D eigenvalue weighted by atomic mass is 9.91. The molecule has 1 aliphatic rings. The van der Waals surface area contributed by atoms with E-state index in [4.69, 9.17) is 5.73 Å². The number of likely N-dealkylation sites (tertiary alicyclic amines) is 1. The smallest absolute Gasteiger partial charge is 0.225 e. The number of hydrogen-bond donors (Lipinski definition) is 1. The molecule has 0 aromatic rings. The number of halogens is 1. The summed E-state index contributed by atoms with van der Waals surface area (Å²) in [4.78, 5) is 14.3. The largest absolute Gasteiger partial charge is 0.342 e. The van der Waals surface area contributed by atoms with Crippen LogP contribution >= 0.6 is 12.4 Å². The Balaban J connectivity index is 0.00000256. The molecule has 0 spiro atoms. The van der Waals surface area contributed by atoms with Gasteiger partial charge in [0, 0.05) is 25.0 Å². The Kier molecular flexibility index (Phi) is 7.80. The molecule has 2 N–H and O–H groups in total. The molecule has 0 aromatic carbocycles. The highest BCUT2D eigenvalue weighted by atomic mass is 35.5. The minimum atomic E-state index is 0. The maximum atomic E-state index is 12.2. The van der Waals surface area contributed by atoms with Gasteiger partial charge in [-0.15, -0.1) is 12.4 Å². The third kappa shape index (κ3) is 4.47. The van der Waals surface area contributed by atoms with Crippen molar-refractivity contribution in [2.75, 3.05) is 13.1 Å². The molecule has 0 saturated carbocycles. The van der Waals surface area contributed by atoms with E-state index in [0.717, 1.165) is 32.4 Å². The Labute approximate surface area is 112 Å². The van der Waals surface area contributed by atoms with Crippen LogP contribution in [0, 0.1) is 11.8 Å². The van der Waals surface area contributed by atoms with Gasteiger partial charge in [-0.2, -0.15) is 0 Å². The highest BCUT2D eigenvalue weighted by Gasteiger charge is 2.28. The first-order valence-corrected chi connectivity index (χ1v) is 6.64. The molecular weight excluding hydrogens is 236 g/mol. The van der Waals surface area contributed by atoms with Crippen molar-refractivity contribution < 1.29 is 4.79 Å². The van der Waals surface area contributed by atoms with Crippen molar-refractivity contribution in [3.05, 3.63) is 0 Å². The minimum absolute atomic E-state index is 0. The SMILES string of the molecule is CCC(CC)C(=O)N1CCCC(C(C)N)C1.Cl. The van der Waals surface area contributed by atoms with Gasteiger partial charge in [-0.1, -0.05) is 13.8 Å². The van der Waals surface area contributed by atoms with Gasteiger partial charge >= 0.3 is 0 Å². The molecule has 0 radical (unpaired) electrons. The quantitative estimate of drug-likeness (QED) is 0.846. The summed E-state index contributed by atoms with van der Waals surface area (Å²) in [5, 5.41) is 0. The fraction of sp³-hybridized carbons (Fsp3) is 0.923. The molecule has 17 heavy (non-hydrogen) atoms.